The lowest BCUT2D eigenvalue weighted by Crippen LogP contribution is -2.37. The Morgan fingerprint density at radius 1 is 1.03 bits per heavy atom. The Hall–Kier alpha value is -1.51. The standard InChI is InChI=1S/C22H34O7/c1-26-19(24)13-9-4-2-3-5-10-14-27-22-20(25)21(18(15-23)29-22)28-16-17-11-7-6-8-12-17/h6-8,11-12,18,20-23,25H,2-5,9-10,13-16H2,1H3/t18-,20+,21-,22-/m1/s1. The maximum absolute atomic E-state index is 11.0. The highest BCUT2D eigenvalue weighted by Crippen LogP contribution is 2.26. The van der Waals surface area contributed by atoms with Crippen LogP contribution in [0, 0.1) is 0 Å². The maximum Gasteiger partial charge on any atom is 0.305 e. The lowest BCUT2D eigenvalue weighted by atomic mass is 10.1. The summed E-state index contributed by atoms with van der Waals surface area (Å²) < 4.78 is 21.7. The molecule has 0 saturated carbocycles. The molecule has 1 saturated heterocycles. The molecule has 164 valence electrons. The first-order chi connectivity index (χ1) is 14.2. The van der Waals surface area contributed by atoms with Crippen molar-refractivity contribution in [3.05, 3.63) is 35.9 Å². The van der Waals surface area contributed by atoms with Crippen molar-refractivity contribution in [1.82, 2.24) is 0 Å². The summed E-state index contributed by atoms with van der Waals surface area (Å²) in [6.07, 6.45) is 3.42. The number of carbonyl (C=O) groups is 1. The molecule has 0 radical (unpaired) electrons. The molecule has 0 amide bonds. The van der Waals surface area contributed by atoms with Gasteiger partial charge in [-0.25, -0.2) is 0 Å². The number of methoxy groups -OCH3 is 1. The van der Waals surface area contributed by atoms with Gasteiger partial charge in [-0.3, -0.25) is 4.79 Å². The summed E-state index contributed by atoms with van der Waals surface area (Å²) in [6.45, 7) is 0.584. The number of hydrogen-bond donors (Lipinski definition) is 2. The molecular weight excluding hydrogens is 376 g/mol. The Labute approximate surface area is 172 Å². The number of unbranched alkanes of at least 4 members (excludes halogenated alkanes) is 5. The molecule has 7 heteroatoms. The van der Waals surface area contributed by atoms with Crippen molar-refractivity contribution >= 4 is 5.97 Å². The van der Waals surface area contributed by atoms with Crippen LogP contribution in [-0.2, 0) is 30.3 Å². The molecule has 1 aliphatic rings. The quantitative estimate of drug-likeness (QED) is 0.360. The molecule has 0 bridgehead atoms. The molecule has 2 rings (SSSR count). The topological polar surface area (TPSA) is 94.5 Å². The molecule has 0 aliphatic carbocycles. The maximum atomic E-state index is 11.0. The lowest BCUT2D eigenvalue weighted by Gasteiger charge is -2.19. The second kappa shape index (κ2) is 13.7. The zero-order chi connectivity index (χ0) is 20.9. The molecule has 2 N–H and O–H groups in total. The van der Waals surface area contributed by atoms with E-state index in [1.54, 1.807) is 0 Å². The minimum atomic E-state index is -0.936. The first kappa shape index (κ1) is 23.8. The summed E-state index contributed by atoms with van der Waals surface area (Å²) in [5, 5.41) is 20.0. The van der Waals surface area contributed by atoms with Crippen molar-refractivity contribution in [2.24, 2.45) is 0 Å². The van der Waals surface area contributed by atoms with Crippen LogP contribution < -0.4 is 0 Å². The third-order valence-corrected chi connectivity index (χ3v) is 5.04. The minimum Gasteiger partial charge on any atom is -0.469 e. The highest BCUT2D eigenvalue weighted by atomic mass is 16.7. The summed E-state index contributed by atoms with van der Waals surface area (Å²) in [4.78, 5) is 11.0. The van der Waals surface area contributed by atoms with E-state index in [0.717, 1.165) is 44.1 Å². The van der Waals surface area contributed by atoms with Gasteiger partial charge in [0.15, 0.2) is 6.29 Å². The van der Waals surface area contributed by atoms with Gasteiger partial charge in [0.2, 0.25) is 0 Å². The van der Waals surface area contributed by atoms with Gasteiger partial charge in [0.25, 0.3) is 0 Å². The van der Waals surface area contributed by atoms with Gasteiger partial charge < -0.3 is 29.2 Å². The third kappa shape index (κ3) is 8.40. The van der Waals surface area contributed by atoms with E-state index in [1.165, 1.54) is 7.11 Å². The van der Waals surface area contributed by atoms with Gasteiger partial charge in [0, 0.05) is 13.0 Å². The Kier molecular flexibility index (Phi) is 11.2. The second-order valence-electron chi connectivity index (χ2n) is 7.30. The van der Waals surface area contributed by atoms with Crippen LogP contribution >= 0.6 is 0 Å². The number of rotatable bonds is 14. The number of aliphatic hydroxyl groups excluding tert-OH is 2. The number of benzene rings is 1. The SMILES string of the molecule is COC(=O)CCCCCCCCO[C@@H]1O[C@H](CO)[C@@H](OCc2ccccc2)[C@@H]1O. The van der Waals surface area contributed by atoms with Crippen LogP contribution in [0.4, 0.5) is 0 Å². The number of ether oxygens (including phenoxy) is 4. The average Bonchev–Trinajstić information content (AvgIpc) is 3.06. The molecule has 0 aromatic heterocycles. The van der Waals surface area contributed by atoms with E-state index >= 15 is 0 Å². The van der Waals surface area contributed by atoms with Gasteiger partial charge in [-0.05, 0) is 18.4 Å². The van der Waals surface area contributed by atoms with E-state index < -0.39 is 24.6 Å². The Bertz CT molecular complexity index is 566. The van der Waals surface area contributed by atoms with Crippen LogP contribution in [0.15, 0.2) is 30.3 Å². The van der Waals surface area contributed by atoms with Gasteiger partial charge in [-0.1, -0.05) is 56.0 Å². The smallest absolute Gasteiger partial charge is 0.305 e. The highest BCUT2D eigenvalue weighted by molar-refractivity contribution is 5.68. The first-order valence-corrected chi connectivity index (χ1v) is 10.4. The summed E-state index contributed by atoms with van der Waals surface area (Å²) in [5.41, 5.74) is 0.993. The highest BCUT2D eigenvalue weighted by Gasteiger charge is 2.44. The van der Waals surface area contributed by atoms with Gasteiger partial charge in [-0.2, -0.15) is 0 Å². The molecule has 7 nitrogen and oxygen atoms in total. The summed E-state index contributed by atoms with van der Waals surface area (Å²) >= 11 is 0. The summed E-state index contributed by atoms with van der Waals surface area (Å²) in [5.74, 6) is -0.152. The molecule has 0 unspecified atom stereocenters. The van der Waals surface area contributed by atoms with Crippen molar-refractivity contribution in [3.8, 4) is 0 Å². The van der Waals surface area contributed by atoms with Crippen molar-refractivity contribution in [3.63, 3.8) is 0 Å². The van der Waals surface area contributed by atoms with E-state index in [2.05, 4.69) is 4.74 Å². The largest absolute Gasteiger partial charge is 0.469 e. The molecule has 0 spiro atoms. The van der Waals surface area contributed by atoms with Crippen molar-refractivity contribution in [2.75, 3.05) is 20.3 Å². The van der Waals surface area contributed by atoms with Crippen LogP contribution in [0.2, 0.25) is 0 Å². The van der Waals surface area contributed by atoms with Crippen LogP contribution in [0.1, 0.15) is 50.5 Å². The molecule has 4 atom stereocenters. The lowest BCUT2D eigenvalue weighted by molar-refractivity contribution is -0.169. The number of carbonyl (C=O) groups excluding carboxylic acids is 1. The van der Waals surface area contributed by atoms with Crippen molar-refractivity contribution in [2.45, 2.75) is 76.2 Å². The second-order valence-corrected chi connectivity index (χ2v) is 7.30. The van der Waals surface area contributed by atoms with Gasteiger partial charge >= 0.3 is 5.97 Å². The van der Waals surface area contributed by atoms with Crippen LogP contribution in [0.5, 0.6) is 0 Å². The van der Waals surface area contributed by atoms with E-state index in [4.69, 9.17) is 14.2 Å². The number of esters is 1. The van der Waals surface area contributed by atoms with Gasteiger partial charge in [0.05, 0.1) is 20.3 Å². The third-order valence-electron chi connectivity index (χ3n) is 5.04. The van der Waals surface area contributed by atoms with E-state index in [-0.39, 0.29) is 12.6 Å². The minimum absolute atomic E-state index is 0.152. The monoisotopic (exact) mass is 410 g/mol. The molecule has 29 heavy (non-hydrogen) atoms. The van der Waals surface area contributed by atoms with Crippen LogP contribution in [0.3, 0.4) is 0 Å². The molecular formula is C22H34O7. The van der Waals surface area contributed by atoms with E-state index in [9.17, 15) is 15.0 Å². The zero-order valence-electron chi connectivity index (χ0n) is 17.2. The predicted octanol–water partition coefficient (Wildman–Crippen LogP) is 2.57. The molecule has 1 aromatic rings. The Balaban J connectivity index is 1.58. The van der Waals surface area contributed by atoms with Gasteiger partial charge in [0.1, 0.15) is 18.3 Å². The number of aliphatic hydroxyl groups is 2. The normalized spacial score (nSPS) is 24.0. The summed E-state index contributed by atoms with van der Waals surface area (Å²) in [7, 11) is 1.41. The fourth-order valence-corrected chi connectivity index (χ4v) is 3.34. The Morgan fingerprint density at radius 3 is 2.41 bits per heavy atom. The van der Waals surface area contributed by atoms with E-state index in [1.807, 2.05) is 30.3 Å². The van der Waals surface area contributed by atoms with Crippen LogP contribution in [0.25, 0.3) is 0 Å². The summed E-state index contributed by atoms with van der Waals surface area (Å²) in [6, 6.07) is 9.67. The van der Waals surface area contributed by atoms with E-state index in [0.29, 0.717) is 19.6 Å². The van der Waals surface area contributed by atoms with Crippen molar-refractivity contribution in [1.29, 1.82) is 0 Å². The predicted molar refractivity (Wildman–Crippen MR) is 107 cm³/mol. The first-order valence-electron chi connectivity index (χ1n) is 10.4. The number of hydrogen-bond acceptors (Lipinski definition) is 7. The van der Waals surface area contributed by atoms with Crippen molar-refractivity contribution < 1.29 is 34.0 Å². The molecule has 1 heterocycles. The molecule has 1 aromatic carbocycles. The average molecular weight is 411 g/mol. The Morgan fingerprint density at radius 2 is 1.72 bits per heavy atom. The van der Waals surface area contributed by atoms with Crippen LogP contribution in [-0.4, -0.2) is 61.1 Å². The molecule has 1 fully saturated rings. The fourth-order valence-electron chi connectivity index (χ4n) is 3.34. The molecule has 1 aliphatic heterocycles. The zero-order valence-corrected chi connectivity index (χ0v) is 17.2. The fraction of sp³-hybridized carbons (Fsp3) is 0.682. The van der Waals surface area contributed by atoms with Gasteiger partial charge in [-0.15, -0.1) is 0 Å².